The molecule has 2 aromatic carbocycles. The van der Waals surface area contributed by atoms with E-state index in [-0.39, 0.29) is 22.7 Å². The van der Waals surface area contributed by atoms with Crippen molar-refractivity contribution in [2.24, 2.45) is 0 Å². The lowest BCUT2D eigenvalue weighted by Crippen LogP contribution is -2.52. The minimum Gasteiger partial charge on any atom is -0.518 e. The van der Waals surface area contributed by atoms with E-state index in [4.69, 9.17) is 4.74 Å². The highest BCUT2D eigenvalue weighted by atomic mass is 32.1. The summed E-state index contributed by atoms with van der Waals surface area (Å²) in [5, 5.41) is 11.8. The summed E-state index contributed by atoms with van der Waals surface area (Å²) < 4.78 is 48.8. The number of amides is 1. The fourth-order valence-electron chi connectivity index (χ4n) is 4.24. The Balaban J connectivity index is 1.61. The van der Waals surface area contributed by atoms with Crippen LogP contribution in [0.5, 0.6) is 5.75 Å². The minimum absolute atomic E-state index is 0.0240. The Morgan fingerprint density at radius 2 is 1.88 bits per heavy atom. The quantitative estimate of drug-likeness (QED) is 0.129. The van der Waals surface area contributed by atoms with Gasteiger partial charge in [0, 0.05) is 6.20 Å². The highest BCUT2D eigenvalue weighted by Crippen LogP contribution is 2.31. The molecular formula is C29H23F3N4O4S. The predicted molar refractivity (Wildman–Crippen MR) is 143 cm³/mol. The van der Waals surface area contributed by atoms with Crippen LogP contribution in [0.1, 0.15) is 21.6 Å². The Bertz CT molecular complexity index is 1720. The van der Waals surface area contributed by atoms with Crippen LogP contribution in [0.25, 0.3) is 21.5 Å². The molecule has 0 fully saturated rings. The number of rotatable bonds is 7. The molecule has 0 aliphatic carbocycles. The van der Waals surface area contributed by atoms with E-state index in [1.54, 1.807) is 18.2 Å². The number of hydrogen-bond acceptors (Lipinski definition) is 5. The highest BCUT2D eigenvalue weighted by molar-refractivity contribution is 7.12. The van der Waals surface area contributed by atoms with Crippen molar-refractivity contribution in [2.75, 3.05) is 14.1 Å². The Labute approximate surface area is 236 Å². The number of nitrogens with zero attached hydrogens (tertiary/aromatic N) is 4. The van der Waals surface area contributed by atoms with E-state index in [9.17, 15) is 27.9 Å². The van der Waals surface area contributed by atoms with Gasteiger partial charge in [0.1, 0.15) is 12.0 Å². The molecule has 8 nitrogen and oxygen atoms in total. The Kier molecular flexibility index (Phi) is 7.52. The fraction of sp³-hybridized carbons (Fsp3) is 0.138. The molecule has 1 N–H and O–H groups in total. The maximum absolute atomic E-state index is 13.9. The van der Waals surface area contributed by atoms with Gasteiger partial charge in [-0.1, -0.05) is 54.0 Å². The van der Waals surface area contributed by atoms with Crippen LogP contribution in [0.15, 0.2) is 84.6 Å². The molecule has 41 heavy (non-hydrogen) atoms. The van der Waals surface area contributed by atoms with Crippen molar-refractivity contribution in [1.82, 2.24) is 9.88 Å². The summed E-state index contributed by atoms with van der Waals surface area (Å²) in [5.41, 5.74) is 1.08. The summed E-state index contributed by atoms with van der Waals surface area (Å²) in [7, 11) is 3.07. The number of alkyl halides is 3. The summed E-state index contributed by atoms with van der Waals surface area (Å²) in [5.74, 6) is -0.390. The van der Waals surface area contributed by atoms with Crippen molar-refractivity contribution in [3.63, 3.8) is 0 Å². The van der Waals surface area contributed by atoms with E-state index in [0.717, 1.165) is 16.9 Å². The minimum atomic E-state index is -5.14. The lowest BCUT2D eigenvalue weighted by molar-refractivity contribution is -0.696. The van der Waals surface area contributed by atoms with E-state index in [1.165, 1.54) is 59.7 Å². The number of pyridine rings is 1. The van der Waals surface area contributed by atoms with Crippen LogP contribution in [0.3, 0.4) is 0 Å². The fourth-order valence-corrected chi connectivity index (χ4v) is 5.22. The van der Waals surface area contributed by atoms with Crippen LogP contribution < -0.4 is 13.9 Å². The van der Waals surface area contributed by atoms with Crippen LogP contribution >= 0.6 is 11.3 Å². The van der Waals surface area contributed by atoms with E-state index in [1.807, 2.05) is 30.3 Å². The molecule has 3 aromatic heterocycles. The second-order valence-corrected chi connectivity index (χ2v) is 10.1. The molecule has 0 aliphatic heterocycles. The second kappa shape index (κ2) is 11.1. The third-order valence-corrected chi connectivity index (χ3v) is 7.17. The lowest BCUT2D eigenvalue weighted by atomic mass is 10.1. The van der Waals surface area contributed by atoms with Gasteiger partial charge in [0.05, 0.1) is 25.4 Å². The number of aliphatic hydroxyl groups is 1. The van der Waals surface area contributed by atoms with E-state index in [2.05, 4.69) is 4.98 Å². The number of hydrogen-bond donors (Lipinski definition) is 1. The Hall–Kier alpha value is -4.68. The molecule has 1 amide bonds. The number of thiazole rings is 1. The zero-order valence-corrected chi connectivity index (χ0v) is 22.6. The number of halogens is 3. The summed E-state index contributed by atoms with van der Waals surface area (Å²) in [6, 6.07) is 16.8. The standard InChI is InChI=1S/C29H23F3N4O4S/c1-34(2)28(39)35-15-22(21-11-10-20(13-23(21)35)40-16-18-7-4-3-5-8-18)25(37)24-17-41-26(19-9-6-12-33-14-19)36(24)27(38)29(30,31)32/h3-15,17,38H,16H2,1-2H3. The van der Waals surface area contributed by atoms with Gasteiger partial charge >= 0.3 is 23.4 Å². The van der Waals surface area contributed by atoms with Gasteiger partial charge in [0.15, 0.2) is 22.8 Å². The summed E-state index contributed by atoms with van der Waals surface area (Å²) in [6.45, 7) is 0.263. The number of ketones is 1. The topological polar surface area (TPSA) is 87.5 Å². The third-order valence-electron chi connectivity index (χ3n) is 6.19. The predicted octanol–water partition coefficient (Wildman–Crippen LogP) is 4.87. The van der Waals surface area contributed by atoms with Crippen LogP contribution in [0.2, 0.25) is 0 Å². The molecule has 0 unspecified atom stereocenters. The van der Waals surface area contributed by atoms with E-state index < -0.39 is 29.9 Å². The number of ether oxygens (including phenoxy) is 1. The number of fused-ring (bicyclic) bond motifs is 1. The molecule has 12 heteroatoms. The van der Waals surface area contributed by atoms with Crippen LogP contribution in [0.4, 0.5) is 18.0 Å². The first-order valence-corrected chi connectivity index (χ1v) is 13.1. The number of benzene rings is 2. The van der Waals surface area contributed by atoms with Crippen LogP contribution in [-0.2, 0) is 6.61 Å². The molecule has 0 saturated carbocycles. The first-order valence-electron chi connectivity index (χ1n) is 12.2. The molecule has 0 radical (unpaired) electrons. The third kappa shape index (κ3) is 5.52. The molecule has 0 saturated heterocycles. The molecule has 5 rings (SSSR count). The summed E-state index contributed by atoms with van der Waals surface area (Å²) in [4.78, 5) is 32.2. The Morgan fingerprint density at radius 1 is 1.12 bits per heavy atom. The summed E-state index contributed by atoms with van der Waals surface area (Å²) >= 11 is 0.846. The van der Waals surface area contributed by atoms with Crippen LogP contribution in [0, 0.1) is 6.23 Å². The maximum Gasteiger partial charge on any atom is 0.450 e. The normalized spacial score (nSPS) is 11.5. The molecular weight excluding hydrogens is 557 g/mol. The first-order chi connectivity index (χ1) is 19.6. The van der Waals surface area contributed by atoms with Crippen molar-refractivity contribution < 1.29 is 41.7 Å². The van der Waals surface area contributed by atoms with Gasteiger partial charge in [-0.2, -0.15) is 13.2 Å². The average Bonchev–Trinajstić information content (AvgIpc) is 3.57. The SMILES string of the molecule is CN(C)C(=O)[n+]1cc(C(=O)c2c[s+][c-](-c3cccnc3)[n+]2[C-](O)C(F)(F)F)c2ccc(OCc3ccccc3)c[c-]21. The zero-order valence-electron chi connectivity index (χ0n) is 21.8. The number of carbonyl (C=O) groups is 2. The van der Waals surface area contributed by atoms with Gasteiger partial charge < -0.3 is 19.6 Å². The van der Waals surface area contributed by atoms with Gasteiger partial charge in [0.2, 0.25) is 0 Å². The number of aromatic nitrogens is 3. The number of aliphatic hydroxyl groups excluding tert-OH is 1. The van der Waals surface area contributed by atoms with E-state index >= 15 is 0 Å². The molecule has 5 aromatic rings. The molecule has 0 spiro atoms. The van der Waals surface area contributed by atoms with Crippen molar-refractivity contribution >= 4 is 34.1 Å². The van der Waals surface area contributed by atoms with Crippen molar-refractivity contribution in [1.29, 1.82) is 0 Å². The van der Waals surface area contributed by atoms with Gasteiger partial charge in [-0.15, -0.1) is 12.1 Å². The molecule has 0 bridgehead atoms. The monoisotopic (exact) mass is 580 g/mol. The smallest absolute Gasteiger partial charge is 0.450 e. The van der Waals surface area contributed by atoms with Gasteiger partial charge in [-0.3, -0.25) is 4.90 Å². The molecule has 3 heterocycles. The van der Waals surface area contributed by atoms with Crippen molar-refractivity contribution in [3.05, 3.63) is 108 Å². The van der Waals surface area contributed by atoms with Crippen molar-refractivity contribution in [2.45, 2.75) is 12.8 Å². The van der Waals surface area contributed by atoms with Gasteiger partial charge in [-0.05, 0) is 29.0 Å². The van der Waals surface area contributed by atoms with E-state index in [0.29, 0.717) is 21.2 Å². The number of carbonyl (C=O) groups excluding carboxylic acids is 2. The largest absolute Gasteiger partial charge is 0.518 e. The Morgan fingerprint density at radius 3 is 2.54 bits per heavy atom. The second-order valence-electron chi connectivity index (χ2n) is 9.20. The highest BCUT2D eigenvalue weighted by Gasteiger charge is 2.47. The maximum atomic E-state index is 13.9. The molecule has 0 aliphatic rings. The average molecular weight is 581 g/mol. The zero-order chi connectivity index (χ0) is 29.3. The van der Waals surface area contributed by atoms with Crippen LogP contribution in [-0.4, -0.2) is 47.1 Å². The van der Waals surface area contributed by atoms with Gasteiger partial charge in [0.25, 0.3) is 0 Å². The molecule has 210 valence electrons. The summed E-state index contributed by atoms with van der Waals surface area (Å²) in [6.07, 6.45) is -3.04. The molecule has 0 atom stereocenters. The van der Waals surface area contributed by atoms with Crippen molar-refractivity contribution in [3.8, 4) is 16.3 Å². The first kappa shape index (κ1) is 27.9. The van der Waals surface area contributed by atoms with Gasteiger partial charge in [-0.25, -0.2) is 13.9 Å². The lowest BCUT2D eigenvalue weighted by Gasteiger charge is -2.17.